The Bertz CT molecular complexity index is 892. The number of nitrogens with one attached hydrogen (secondary N) is 2. The molecule has 1 atom stereocenters. The summed E-state index contributed by atoms with van der Waals surface area (Å²) in [5.41, 5.74) is 2.22. The van der Waals surface area contributed by atoms with E-state index in [9.17, 15) is 4.79 Å². The van der Waals surface area contributed by atoms with Gasteiger partial charge in [0.05, 0.1) is 14.2 Å². The number of amides is 1. The van der Waals surface area contributed by atoms with Gasteiger partial charge in [0.15, 0.2) is 6.54 Å². The van der Waals surface area contributed by atoms with E-state index in [1.54, 1.807) is 7.11 Å². The lowest BCUT2D eigenvalue weighted by Crippen LogP contribution is -3.08. The normalized spacial score (nSPS) is 11.9. The van der Waals surface area contributed by atoms with Gasteiger partial charge in [0.25, 0.3) is 5.91 Å². The van der Waals surface area contributed by atoms with E-state index in [4.69, 9.17) is 4.74 Å². The van der Waals surface area contributed by atoms with Crippen molar-refractivity contribution in [3.8, 4) is 5.75 Å². The Labute approximate surface area is 154 Å². The van der Waals surface area contributed by atoms with Crippen molar-refractivity contribution in [2.75, 3.05) is 20.7 Å². The van der Waals surface area contributed by atoms with E-state index in [-0.39, 0.29) is 5.91 Å². The topological polar surface area (TPSA) is 42.8 Å². The molecule has 134 valence electrons. The van der Waals surface area contributed by atoms with Crippen molar-refractivity contribution in [3.63, 3.8) is 0 Å². The molecule has 3 aromatic rings. The van der Waals surface area contributed by atoms with E-state index < -0.39 is 0 Å². The van der Waals surface area contributed by atoms with E-state index in [0.29, 0.717) is 13.1 Å². The molecule has 0 saturated carbocycles. The summed E-state index contributed by atoms with van der Waals surface area (Å²) in [6.07, 6.45) is 0. The van der Waals surface area contributed by atoms with Gasteiger partial charge in [0, 0.05) is 17.7 Å². The molecule has 26 heavy (non-hydrogen) atoms. The molecular formula is C22H25N2O2+. The van der Waals surface area contributed by atoms with Crippen LogP contribution in [0.5, 0.6) is 5.75 Å². The molecule has 0 aromatic heterocycles. The Balaban J connectivity index is 1.53. The molecular weight excluding hydrogens is 324 g/mol. The second-order valence-electron chi connectivity index (χ2n) is 6.58. The first-order valence-corrected chi connectivity index (χ1v) is 8.83. The third-order valence-corrected chi connectivity index (χ3v) is 4.45. The van der Waals surface area contributed by atoms with Crippen molar-refractivity contribution in [3.05, 3.63) is 77.9 Å². The zero-order valence-electron chi connectivity index (χ0n) is 15.3. The molecule has 0 aliphatic carbocycles. The van der Waals surface area contributed by atoms with Gasteiger partial charge in [-0.15, -0.1) is 0 Å². The van der Waals surface area contributed by atoms with Crippen LogP contribution in [0.3, 0.4) is 0 Å². The number of hydrogen-bond acceptors (Lipinski definition) is 2. The molecule has 0 aliphatic rings. The molecule has 1 amide bonds. The second-order valence-corrected chi connectivity index (χ2v) is 6.58. The third kappa shape index (κ3) is 4.61. The van der Waals surface area contributed by atoms with Crippen molar-refractivity contribution in [2.45, 2.75) is 13.1 Å². The smallest absolute Gasteiger partial charge is 0.275 e. The van der Waals surface area contributed by atoms with Gasteiger partial charge in [-0.1, -0.05) is 54.6 Å². The van der Waals surface area contributed by atoms with Crippen molar-refractivity contribution < 1.29 is 14.4 Å². The largest absolute Gasteiger partial charge is 0.496 e. The first-order valence-electron chi connectivity index (χ1n) is 8.83. The predicted molar refractivity (Wildman–Crippen MR) is 104 cm³/mol. The summed E-state index contributed by atoms with van der Waals surface area (Å²) in [4.78, 5) is 13.4. The number of fused-ring (bicyclic) bond motifs is 1. The average Bonchev–Trinajstić information content (AvgIpc) is 2.66. The number of carbonyl (C=O) groups is 1. The van der Waals surface area contributed by atoms with Crippen molar-refractivity contribution in [2.24, 2.45) is 0 Å². The molecule has 0 heterocycles. The number of ether oxygens (including phenoxy) is 1. The zero-order valence-corrected chi connectivity index (χ0v) is 15.3. The molecule has 0 aliphatic heterocycles. The monoisotopic (exact) mass is 349 g/mol. The Morgan fingerprint density at radius 1 is 1.00 bits per heavy atom. The standard InChI is InChI=1S/C22H24N2O2/c1-24(15-17-11-12-18-7-3-4-8-19(18)13-17)16-22(25)23-14-20-9-5-6-10-21(20)26-2/h3-13H,14-16H2,1-2H3,(H,23,25)/p+1. The zero-order chi connectivity index (χ0) is 18.4. The number of para-hydroxylation sites is 1. The number of methoxy groups -OCH3 is 1. The lowest BCUT2D eigenvalue weighted by molar-refractivity contribution is -0.885. The number of carbonyl (C=O) groups excluding carboxylic acids is 1. The fourth-order valence-electron chi connectivity index (χ4n) is 3.14. The highest BCUT2D eigenvalue weighted by Gasteiger charge is 2.11. The molecule has 2 N–H and O–H groups in total. The van der Waals surface area contributed by atoms with Gasteiger partial charge in [-0.3, -0.25) is 4.79 Å². The van der Waals surface area contributed by atoms with Crippen LogP contribution in [0.15, 0.2) is 66.7 Å². The summed E-state index contributed by atoms with van der Waals surface area (Å²) in [5.74, 6) is 0.832. The maximum absolute atomic E-state index is 12.3. The van der Waals surface area contributed by atoms with Gasteiger partial charge < -0.3 is 15.0 Å². The number of hydrogen-bond donors (Lipinski definition) is 2. The molecule has 3 rings (SSSR count). The second kappa shape index (κ2) is 8.50. The van der Waals surface area contributed by atoms with E-state index >= 15 is 0 Å². The highest BCUT2D eigenvalue weighted by Crippen LogP contribution is 2.16. The molecule has 0 spiro atoms. The van der Waals surface area contributed by atoms with Gasteiger partial charge in [-0.05, 0) is 22.9 Å². The number of rotatable bonds is 7. The molecule has 1 unspecified atom stereocenters. The maximum Gasteiger partial charge on any atom is 0.275 e. The summed E-state index contributed by atoms with van der Waals surface area (Å²) in [6, 6.07) is 22.5. The predicted octanol–water partition coefficient (Wildman–Crippen LogP) is 2.18. The number of benzene rings is 3. The van der Waals surface area contributed by atoms with Gasteiger partial charge in [0.1, 0.15) is 12.3 Å². The van der Waals surface area contributed by atoms with Gasteiger partial charge in [-0.25, -0.2) is 0 Å². The van der Waals surface area contributed by atoms with Crippen LogP contribution in [0.2, 0.25) is 0 Å². The Morgan fingerprint density at radius 3 is 2.54 bits per heavy atom. The SMILES string of the molecule is COc1ccccc1CNC(=O)C[NH+](C)Cc1ccc2ccccc2c1. The summed E-state index contributed by atoms with van der Waals surface area (Å²) in [5, 5.41) is 5.45. The van der Waals surface area contributed by atoms with E-state index in [1.807, 2.05) is 43.4 Å². The highest BCUT2D eigenvalue weighted by molar-refractivity contribution is 5.83. The molecule has 0 saturated heterocycles. The summed E-state index contributed by atoms with van der Waals surface area (Å²) < 4.78 is 5.32. The van der Waals surface area contributed by atoms with Crippen LogP contribution in [0.25, 0.3) is 10.8 Å². The molecule has 4 heteroatoms. The van der Waals surface area contributed by atoms with Crippen molar-refractivity contribution in [1.82, 2.24) is 5.32 Å². The van der Waals surface area contributed by atoms with E-state index in [0.717, 1.165) is 22.8 Å². The van der Waals surface area contributed by atoms with E-state index in [1.165, 1.54) is 16.3 Å². The quantitative estimate of drug-likeness (QED) is 0.687. The number of quaternary nitrogens is 1. The van der Waals surface area contributed by atoms with E-state index in [2.05, 4.69) is 35.6 Å². The fraction of sp³-hybridized carbons (Fsp3) is 0.227. The minimum absolute atomic E-state index is 0.0363. The summed E-state index contributed by atoms with van der Waals surface area (Å²) >= 11 is 0. The summed E-state index contributed by atoms with van der Waals surface area (Å²) in [6.45, 7) is 1.72. The highest BCUT2D eigenvalue weighted by atomic mass is 16.5. The van der Waals surface area contributed by atoms with Crippen LogP contribution < -0.4 is 15.0 Å². The number of likely N-dealkylation sites (N-methyl/N-ethyl adjacent to an activating group) is 1. The van der Waals surface area contributed by atoms with Crippen LogP contribution in [-0.4, -0.2) is 26.6 Å². The van der Waals surface area contributed by atoms with Gasteiger partial charge in [0.2, 0.25) is 0 Å². The minimum atomic E-state index is 0.0363. The fourth-order valence-corrected chi connectivity index (χ4v) is 3.14. The lowest BCUT2D eigenvalue weighted by atomic mass is 10.1. The van der Waals surface area contributed by atoms with Crippen LogP contribution in [0, 0.1) is 0 Å². The van der Waals surface area contributed by atoms with Crippen LogP contribution in [0.1, 0.15) is 11.1 Å². The Kier molecular flexibility index (Phi) is 5.87. The van der Waals surface area contributed by atoms with Gasteiger partial charge in [-0.2, -0.15) is 0 Å². The average molecular weight is 349 g/mol. The van der Waals surface area contributed by atoms with Gasteiger partial charge >= 0.3 is 0 Å². The maximum atomic E-state index is 12.3. The first-order chi connectivity index (χ1) is 12.7. The molecule has 0 radical (unpaired) electrons. The van der Waals surface area contributed by atoms with Crippen LogP contribution >= 0.6 is 0 Å². The van der Waals surface area contributed by atoms with Crippen molar-refractivity contribution >= 4 is 16.7 Å². The van der Waals surface area contributed by atoms with Crippen LogP contribution in [-0.2, 0) is 17.9 Å². The first kappa shape index (κ1) is 18.0. The molecule has 0 bridgehead atoms. The van der Waals surface area contributed by atoms with Crippen LogP contribution in [0.4, 0.5) is 0 Å². The molecule has 4 nitrogen and oxygen atoms in total. The van der Waals surface area contributed by atoms with Crippen molar-refractivity contribution in [1.29, 1.82) is 0 Å². The lowest BCUT2D eigenvalue weighted by Gasteiger charge is -2.15. The Hall–Kier alpha value is -2.85. The minimum Gasteiger partial charge on any atom is -0.496 e. The molecule has 0 fully saturated rings. The molecule has 3 aromatic carbocycles. The third-order valence-electron chi connectivity index (χ3n) is 4.45. The Morgan fingerprint density at radius 2 is 1.73 bits per heavy atom. The summed E-state index contributed by atoms with van der Waals surface area (Å²) in [7, 11) is 3.68.